The van der Waals surface area contributed by atoms with Crippen LogP contribution in [0.4, 0.5) is 13.2 Å². The topological polar surface area (TPSA) is 114 Å². The smallest absolute Gasteiger partial charge is 0.417 e. The van der Waals surface area contributed by atoms with Crippen LogP contribution in [0.25, 0.3) is 0 Å². The third-order valence-corrected chi connectivity index (χ3v) is 6.33. The summed E-state index contributed by atoms with van der Waals surface area (Å²) in [7, 11) is 0. The van der Waals surface area contributed by atoms with Gasteiger partial charge in [-0.25, -0.2) is 0 Å². The first-order valence-corrected chi connectivity index (χ1v) is 12.1. The van der Waals surface area contributed by atoms with E-state index in [-0.39, 0.29) is 19.6 Å². The summed E-state index contributed by atoms with van der Waals surface area (Å²) in [4.78, 5) is 52.7. The largest absolute Gasteiger partial charge is 0.433 e. The van der Waals surface area contributed by atoms with Gasteiger partial charge in [-0.15, -0.1) is 0 Å². The van der Waals surface area contributed by atoms with Crippen LogP contribution in [-0.2, 0) is 30.0 Å². The highest BCUT2D eigenvalue weighted by Gasteiger charge is 2.44. The lowest BCUT2D eigenvalue weighted by Gasteiger charge is -2.35. The second-order valence-electron chi connectivity index (χ2n) is 10.1. The molecule has 0 unspecified atom stereocenters. The number of amides is 3. The fourth-order valence-electron chi connectivity index (χ4n) is 4.50. The lowest BCUT2D eigenvalue weighted by atomic mass is 9.85. The molecule has 1 aromatic rings. The number of likely N-dealkylation sites (tertiary alicyclic amines) is 1. The SMILES string of the molecule is CCO[C@@H]1OC(=O)C[C@H]1NC(=O)[C@@H]1CCCN1C(=O)[C@@H](NC(=O)c1ccccc1C(F)(F)F)C(C)(C)C. The number of benzene rings is 1. The molecule has 0 spiro atoms. The Hall–Kier alpha value is -3.15. The number of hydrogen-bond acceptors (Lipinski definition) is 6. The normalized spacial score (nSPS) is 22.9. The predicted octanol–water partition coefficient (Wildman–Crippen LogP) is 2.64. The lowest BCUT2D eigenvalue weighted by molar-refractivity contribution is -0.164. The molecule has 0 saturated carbocycles. The fourth-order valence-corrected chi connectivity index (χ4v) is 4.50. The molecule has 2 saturated heterocycles. The molecule has 37 heavy (non-hydrogen) atoms. The van der Waals surface area contributed by atoms with Gasteiger partial charge < -0.3 is 25.0 Å². The van der Waals surface area contributed by atoms with Gasteiger partial charge in [0.25, 0.3) is 5.91 Å². The number of alkyl halides is 3. The highest BCUT2D eigenvalue weighted by atomic mass is 19.4. The van der Waals surface area contributed by atoms with Crippen molar-refractivity contribution in [3.05, 3.63) is 35.4 Å². The number of rotatable bonds is 7. The van der Waals surface area contributed by atoms with E-state index in [2.05, 4.69) is 10.6 Å². The summed E-state index contributed by atoms with van der Waals surface area (Å²) in [6.07, 6.45) is -4.89. The maximum atomic E-state index is 13.6. The van der Waals surface area contributed by atoms with Crippen LogP contribution in [-0.4, -0.2) is 66.2 Å². The van der Waals surface area contributed by atoms with E-state index >= 15 is 0 Å². The summed E-state index contributed by atoms with van der Waals surface area (Å²) in [6, 6.07) is 1.54. The molecule has 0 bridgehead atoms. The summed E-state index contributed by atoms with van der Waals surface area (Å²) < 4.78 is 50.8. The minimum Gasteiger partial charge on any atom is -0.433 e. The molecule has 9 nitrogen and oxygen atoms in total. The molecule has 3 rings (SSSR count). The summed E-state index contributed by atoms with van der Waals surface area (Å²) in [5.74, 6) is -2.64. The van der Waals surface area contributed by atoms with E-state index in [9.17, 15) is 32.3 Å². The number of ether oxygens (including phenoxy) is 2. The Bertz CT molecular complexity index is 1040. The average Bonchev–Trinajstić information content (AvgIpc) is 3.42. The van der Waals surface area contributed by atoms with Gasteiger partial charge in [0.1, 0.15) is 18.1 Å². The zero-order valence-corrected chi connectivity index (χ0v) is 21.2. The van der Waals surface area contributed by atoms with Gasteiger partial charge in [-0.3, -0.25) is 19.2 Å². The van der Waals surface area contributed by atoms with Crippen LogP contribution >= 0.6 is 0 Å². The van der Waals surface area contributed by atoms with Gasteiger partial charge in [0.15, 0.2) is 0 Å². The Labute approximate surface area is 213 Å². The zero-order valence-electron chi connectivity index (χ0n) is 21.2. The van der Waals surface area contributed by atoms with E-state index in [0.29, 0.717) is 12.8 Å². The number of hydrogen-bond donors (Lipinski definition) is 2. The van der Waals surface area contributed by atoms with E-state index in [1.54, 1.807) is 27.7 Å². The molecule has 2 fully saturated rings. The summed E-state index contributed by atoms with van der Waals surface area (Å²) in [5.41, 5.74) is -2.58. The van der Waals surface area contributed by atoms with E-state index in [1.165, 1.54) is 17.0 Å². The van der Waals surface area contributed by atoms with Gasteiger partial charge in [0, 0.05) is 13.2 Å². The maximum absolute atomic E-state index is 13.6. The molecule has 1 aromatic carbocycles. The van der Waals surface area contributed by atoms with Crippen LogP contribution in [0, 0.1) is 5.41 Å². The summed E-state index contributed by atoms with van der Waals surface area (Å²) >= 11 is 0. The van der Waals surface area contributed by atoms with Crippen molar-refractivity contribution < 1.29 is 41.8 Å². The molecule has 2 N–H and O–H groups in total. The minimum atomic E-state index is -4.75. The van der Waals surface area contributed by atoms with E-state index in [0.717, 1.165) is 12.1 Å². The molecule has 4 atom stereocenters. The van der Waals surface area contributed by atoms with Crippen molar-refractivity contribution in [2.75, 3.05) is 13.2 Å². The molecule has 2 heterocycles. The summed E-state index contributed by atoms with van der Waals surface area (Å²) in [6.45, 7) is 7.23. The molecule has 3 amide bonds. The second kappa shape index (κ2) is 11.1. The van der Waals surface area contributed by atoms with Crippen molar-refractivity contribution in [3.8, 4) is 0 Å². The van der Waals surface area contributed by atoms with E-state index in [1.807, 2.05) is 0 Å². The molecular weight excluding hydrogens is 495 g/mol. The fraction of sp³-hybridized carbons (Fsp3) is 0.600. The first-order valence-electron chi connectivity index (χ1n) is 12.1. The third kappa shape index (κ3) is 6.60. The molecule has 2 aliphatic rings. The van der Waals surface area contributed by atoms with Gasteiger partial charge in [-0.1, -0.05) is 32.9 Å². The number of carbonyl (C=O) groups is 4. The third-order valence-electron chi connectivity index (χ3n) is 6.33. The molecular formula is C25H32F3N3O6. The quantitative estimate of drug-likeness (QED) is 0.527. The molecule has 2 aliphatic heterocycles. The molecule has 204 valence electrons. The second-order valence-corrected chi connectivity index (χ2v) is 10.1. The highest BCUT2D eigenvalue weighted by Crippen LogP contribution is 2.32. The molecule has 0 radical (unpaired) electrons. The Kier molecular flexibility index (Phi) is 8.51. The Morgan fingerprint density at radius 3 is 2.49 bits per heavy atom. The number of nitrogens with zero attached hydrogens (tertiary/aromatic N) is 1. The van der Waals surface area contributed by atoms with Crippen molar-refractivity contribution in [1.29, 1.82) is 0 Å². The average molecular weight is 528 g/mol. The van der Waals surface area contributed by atoms with Crippen LogP contribution in [0.5, 0.6) is 0 Å². The molecule has 0 aliphatic carbocycles. The van der Waals surface area contributed by atoms with Crippen molar-refractivity contribution in [3.63, 3.8) is 0 Å². The monoisotopic (exact) mass is 527 g/mol. The number of carbonyl (C=O) groups excluding carboxylic acids is 4. The van der Waals surface area contributed by atoms with Crippen LogP contribution < -0.4 is 10.6 Å². The van der Waals surface area contributed by atoms with Crippen LogP contribution in [0.3, 0.4) is 0 Å². The van der Waals surface area contributed by atoms with Gasteiger partial charge in [0.2, 0.25) is 18.1 Å². The van der Waals surface area contributed by atoms with Gasteiger partial charge in [-0.2, -0.15) is 13.2 Å². The zero-order chi connectivity index (χ0) is 27.5. The van der Waals surface area contributed by atoms with Crippen molar-refractivity contribution in [2.45, 2.75) is 77.5 Å². The molecule has 0 aromatic heterocycles. The molecule has 12 heteroatoms. The van der Waals surface area contributed by atoms with Gasteiger partial charge in [-0.05, 0) is 37.3 Å². The van der Waals surface area contributed by atoms with Crippen LogP contribution in [0.2, 0.25) is 0 Å². The highest BCUT2D eigenvalue weighted by molar-refractivity contribution is 6.00. The van der Waals surface area contributed by atoms with Crippen LogP contribution in [0.15, 0.2) is 24.3 Å². The Morgan fingerprint density at radius 2 is 1.86 bits per heavy atom. The van der Waals surface area contributed by atoms with Gasteiger partial charge in [0.05, 0.1) is 17.5 Å². The number of esters is 1. The number of halogens is 3. The van der Waals surface area contributed by atoms with Crippen molar-refractivity contribution >= 4 is 23.7 Å². The Morgan fingerprint density at radius 1 is 1.19 bits per heavy atom. The Balaban J connectivity index is 1.78. The summed E-state index contributed by atoms with van der Waals surface area (Å²) in [5, 5.41) is 5.20. The maximum Gasteiger partial charge on any atom is 0.417 e. The van der Waals surface area contributed by atoms with E-state index < -0.39 is 70.8 Å². The van der Waals surface area contributed by atoms with Crippen molar-refractivity contribution in [2.24, 2.45) is 5.41 Å². The predicted molar refractivity (Wildman–Crippen MR) is 125 cm³/mol. The van der Waals surface area contributed by atoms with E-state index in [4.69, 9.17) is 9.47 Å². The first-order chi connectivity index (χ1) is 17.2. The lowest BCUT2D eigenvalue weighted by Crippen LogP contribution is -2.58. The number of cyclic esters (lactones) is 1. The van der Waals surface area contributed by atoms with Crippen LogP contribution in [0.1, 0.15) is 62.9 Å². The van der Waals surface area contributed by atoms with Gasteiger partial charge >= 0.3 is 12.1 Å². The standard InChI is InChI=1S/C25H32F3N3O6/c1-5-36-23-16(13-18(32)37-23)29-21(34)17-11-8-12-31(17)22(35)19(24(2,3)4)30-20(33)14-9-6-7-10-15(14)25(26,27)28/h6-7,9-10,16-17,19,23H,5,8,11-13H2,1-4H3,(H,29,34)(H,30,33)/t16-,17+,19-,23-/m1/s1. The first kappa shape index (κ1) is 28.4. The number of nitrogens with one attached hydrogen (secondary N) is 2. The minimum absolute atomic E-state index is 0.0731. The van der Waals surface area contributed by atoms with Crippen molar-refractivity contribution in [1.82, 2.24) is 15.5 Å².